The number of anilines is 1. The number of aromatic nitrogens is 3. The van der Waals surface area contributed by atoms with Gasteiger partial charge in [-0.05, 0) is 30.7 Å². The Bertz CT molecular complexity index is 1200. The predicted molar refractivity (Wildman–Crippen MR) is 114 cm³/mol. The third kappa shape index (κ3) is 4.30. The largest absolute Gasteiger partial charge is 0.310 e. The van der Waals surface area contributed by atoms with E-state index >= 15 is 0 Å². The number of benzene rings is 1. The second-order valence-electron chi connectivity index (χ2n) is 6.07. The Hall–Kier alpha value is -2.55. The Morgan fingerprint density at radius 1 is 1.18 bits per heavy atom. The lowest BCUT2D eigenvalue weighted by molar-refractivity contribution is -0.116. The van der Waals surface area contributed by atoms with E-state index in [0.717, 1.165) is 10.6 Å². The maximum atomic E-state index is 12.2. The summed E-state index contributed by atoms with van der Waals surface area (Å²) in [6.07, 6.45) is 1.41. The molecule has 28 heavy (non-hydrogen) atoms. The van der Waals surface area contributed by atoms with Gasteiger partial charge in [0, 0.05) is 18.2 Å². The van der Waals surface area contributed by atoms with E-state index in [1.165, 1.54) is 22.7 Å². The monoisotopic (exact) mass is 430 g/mol. The number of hydrogen-bond acceptors (Lipinski definition) is 6. The standard InChI is InChI=1S/C19H15ClN4O2S2/c20-15-9-8-14(28-15)13-10-27-19(22-13)24-17(25)7-3-6-16-21-12-5-2-1-4-11(12)18(26)23-16/h1-2,4-5,8-10H,3,6-7H2,(H,21,23,26)(H,22,24,25). The first-order valence-electron chi connectivity index (χ1n) is 8.57. The topological polar surface area (TPSA) is 87.7 Å². The van der Waals surface area contributed by atoms with Crippen LogP contribution >= 0.6 is 34.3 Å². The van der Waals surface area contributed by atoms with Gasteiger partial charge in [-0.25, -0.2) is 9.97 Å². The van der Waals surface area contributed by atoms with Crippen LogP contribution in [0.1, 0.15) is 18.7 Å². The number of fused-ring (bicyclic) bond motifs is 1. The van der Waals surface area contributed by atoms with Gasteiger partial charge in [-0.3, -0.25) is 9.59 Å². The quantitative estimate of drug-likeness (QED) is 0.463. The van der Waals surface area contributed by atoms with Crippen LogP contribution in [0.2, 0.25) is 4.34 Å². The lowest BCUT2D eigenvalue weighted by Gasteiger charge is -2.03. The molecule has 0 atom stereocenters. The van der Waals surface area contributed by atoms with E-state index in [1.807, 2.05) is 29.6 Å². The normalized spacial score (nSPS) is 11.0. The lowest BCUT2D eigenvalue weighted by atomic mass is 10.2. The SMILES string of the molecule is O=C(CCCc1nc2ccccc2c(=O)[nH]1)Nc1nc(-c2ccc(Cl)s2)cs1. The Labute approximate surface area is 173 Å². The van der Waals surface area contributed by atoms with Gasteiger partial charge in [-0.1, -0.05) is 23.7 Å². The zero-order valence-corrected chi connectivity index (χ0v) is 17.0. The fourth-order valence-corrected chi connectivity index (χ4v) is 4.55. The molecule has 0 radical (unpaired) electrons. The number of rotatable bonds is 6. The molecule has 3 aromatic heterocycles. The van der Waals surface area contributed by atoms with Gasteiger partial charge in [-0.2, -0.15) is 0 Å². The van der Waals surface area contributed by atoms with Crippen LogP contribution in [-0.2, 0) is 11.2 Å². The number of para-hydroxylation sites is 1. The minimum absolute atomic E-state index is 0.117. The summed E-state index contributed by atoms with van der Waals surface area (Å²) in [5, 5.41) is 5.83. The van der Waals surface area contributed by atoms with E-state index in [0.29, 0.717) is 45.5 Å². The van der Waals surface area contributed by atoms with Crippen LogP contribution in [0, 0.1) is 0 Å². The van der Waals surface area contributed by atoms with Crippen LogP contribution in [0.25, 0.3) is 21.5 Å². The molecule has 0 fully saturated rings. The molecular formula is C19H15ClN4O2S2. The van der Waals surface area contributed by atoms with Crippen LogP contribution in [0.5, 0.6) is 0 Å². The van der Waals surface area contributed by atoms with Gasteiger partial charge in [-0.15, -0.1) is 22.7 Å². The molecule has 0 saturated heterocycles. The minimum atomic E-state index is -0.158. The van der Waals surface area contributed by atoms with Crippen molar-refractivity contribution in [3.8, 4) is 10.6 Å². The van der Waals surface area contributed by atoms with Crippen molar-refractivity contribution in [2.24, 2.45) is 0 Å². The Morgan fingerprint density at radius 3 is 2.86 bits per heavy atom. The van der Waals surface area contributed by atoms with Crippen molar-refractivity contribution in [1.82, 2.24) is 15.0 Å². The van der Waals surface area contributed by atoms with Crippen LogP contribution in [0.15, 0.2) is 46.6 Å². The number of halogens is 1. The Morgan fingerprint density at radius 2 is 2.04 bits per heavy atom. The minimum Gasteiger partial charge on any atom is -0.310 e. The van der Waals surface area contributed by atoms with E-state index in [4.69, 9.17) is 11.6 Å². The van der Waals surface area contributed by atoms with Gasteiger partial charge in [0.15, 0.2) is 5.13 Å². The molecule has 1 amide bonds. The summed E-state index contributed by atoms with van der Waals surface area (Å²) in [4.78, 5) is 36.9. The van der Waals surface area contributed by atoms with Crippen LogP contribution in [0.4, 0.5) is 5.13 Å². The molecule has 0 bridgehead atoms. The van der Waals surface area contributed by atoms with Crippen molar-refractivity contribution >= 4 is 56.2 Å². The van der Waals surface area contributed by atoms with Gasteiger partial charge < -0.3 is 10.3 Å². The maximum Gasteiger partial charge on any atom is 0.258 e. The van der Waals surface area contributed by atoms with E-state index in [1.54, 1.807) is 12.1 Å². The van der Waals surface area contributed by atoms with Crippen LogP contribution in [-0.4, -0.2) is 20.9 Å². The van der Waals surface area contributed by atoms with E-state index in [-0.39, 0.29) is 11.5 Å². The summed E-state index contributed by atoms with van der Waals surface area (Å²) in [5.41, 5.74) is 1.30. The fraction of sp³-hybridized carbons (Fsp3) is 0.158. The third-order valence-electron chi connectivity index (χ3n) is 4.06. The molecule has 6 nitrogen and oxygen atoms in total. The summed E-state index contributed by atoms with van der Waals surface area (Å²) in [6.45, 7) is 0. The first-order chi connectivity index (χ1) is 13.6. The zero-order valence-electron chi connectivity index (χ0n) is 14.6. The molecule has 0 spiro atoms. The van der Waals surface area contributed by atoms with Gasteiger partial charge in [0.05, 0.1) is 25.8 Å². The van der Waals surface area contributed by atoms with E-state index in [9.17, 15) is 9.59 Å². The molecule has 0 aliphatic rings. The van der Waals surface area contributed by atoms with Gasteiger partial charge in [0.1, 0.15) is 5.82 Å². The van der Waals surface area contributed by atoms with Crippen molar-refractivity contribution in [3.63, 3.8) is 0 Å². The second kappa shape index (κ2) is 8.22. The highest BCUT2D eigenvalue weighted by atomic mass is 35.5. The number of aromatic amines is 1. The number of carbonyl (C=O) groups is 1. The van der Waals surface area contributed by atoms with Crippen molar-refractivity contribution in [3.05, 3.63) is 62.3 Å². The lowest BCUT2D eigenvalue weighted by Crippen LogP contribution is -2.14. The van der Waals surface area contributed by atoms with E-state index in [2.05, 4.69) is 20.3 Å². The van der Waals surface area contributed by atoms with Crippen molar-refractivity contribution < 1.29 is 4.79 Å². The molecular weight excluding hydrogens is 416 g/mol. The fourth-order valence-electron chi connectivity index (χ4n) is 2.75. The highest BCUT2D eigenvalue weighted by molar-refractivity contribution is 7.20. The molecule has 4 rings (SSSR count). The Balaban J connectivity index is 1.33. The molecule has 9 heteroatoms. The summed E-state index contributed by atoms with van der Waals surface area (Å²) >= 11 is 8.77. The highest BCUT2D eigenvalue weighted by Gasteiger charge is 2.10. The van der Waals surface area contributed by atoms with Gasteiger partial charge in [0.2, 0.25) is 5.91 Å². The highest BCUT2D eigenvalue weighted by Crippen LogP contribution is 2.32. The summed E-state index contributed by atoms with van der Waals surface area (Å²) in [7, 11) is 0. The number of hydrogen-bond donors (Lipinski definition) is 2. The molecule has 4 aromatic rings. The van der Waals surface area contributed by atoms with Gasteiger partial charge in [0.25, 0.3) is 5.56 Å². The molecule has 1 aromatic carbocycles. The van der Waals surface area contributed by atoms with Crippen LogP contribution in [0.3, 0.4) is 0 Å². The smallest absolute Gasteiger partial charge is 0.258 e. The van der Waals surface area contributed by atoms with Gasteiger partial charge >= 0.3 is 0 Å². The van der Waals surface area contributed by atoms with Crippen molar-refractivity contribution in [2.45, 2.75) is 19.3 Å². The van der Waals surface area contributed by atoms with Crippen LogP contribution < -0.4 is 10.9 Å². The maximum absolute atomic E-state index is 12.2. The Kier molecular flexibility index (Phi) is 5.52. The first kappa shape index (κ1) is 18.8. The number of thiazole rings is 1. The molecule has 0 aliphatic heterocycles. The molecule has 0 saturated carbocycles. The summed E-state index contributed by atoms with van der Waals surface area (Å²) < 4.78 is 0.703. The first-order valence-corrected chi connectivity index (χ1v) is 10.6. The number of nitrogens with one attached hydrogen (secondary N) is 2. The number of thiophene rings is 1. The summed E-state index contributed by atoms with van der Waals surface area (Å²) in [5.74, 6) is 0.468. The average molecular weight is 431 g/mol. The number of aryl methyl sites for hydroxylation is 1. The van der Waals surface area contributed by atoms with Crippen molar-refractivity contribution in [2.75, 3.05) is 5.32 Å². The summed E-state index contributed by atoms with van der Waals surface area (Å²) in [6, 6.07) is 10.9. The predicted octanol–water partition coefficient (Wildman–Crippen LogP) is 4.72. The van der Waals surface area contributed by atoms with E-state index < -0.39 is 0 Å². The molecule has 0 aliphatic carbocycles. The average Bonchev–Trinajstić information content (AvgIpc) is 3.31. The number of H-pyrrole nitrogens is 1. The molecule has 142 valence electrons. The number of carbonyl (C=O) groups excluding carboxylic acids is 1. The third-order valence-corrected chi connectivity index (χ3v) is 6.07. The zero-order chi connectivity index (χ0) is 19.5. The molecule has 0 unspecified atom stereocenters. The second-order valence-corrected chi connectivity index (χ2v) is 8.65. The number of nitrogens with zero attached hydrogens (tertiary/aromatic N) is 2. The number of amides is 1. The van der Waals surface area contributed by atoms with Crippen molar-refractivity contribution in [1.29, 1.82) is 0 Å². The molecule has 2 N–H and O–H groups in total. The molecule has 3 heterocycles.